The van der Waals surface area contributed by atoms with Gasteiger partial charge in [-0.25, -0.2) is 0 Å². The molecular weight excluding hydrogens is 458 g/mol. The molecule has 0 saturated carbocycles. The van der Waals surface area contributed by atoms with Gasteiger partial charge in [-0.15, -0.1) is 13.2 Å². The van der Waals surface area contributed by atoms with Crippen molar-refractivity contribution in [1.82, 2.24) is 14.7 Å². The molecule has 36 heavy (non-hydrogen) atoms. The maximum absolute atomic E-state index is 14.3. The van der Waals surface area contributed by atoms with Crippen LogP contribution in [-0.4, -0.2) is 93.6 Å². The summed E-state index contributed by atoms with van der Waals surface area (Å²) in [7, 11) is 1.70. The number of nitrogens with zero attached hydrogens (tertiary/aromatic N) is 3. The van der Waals surface area contributed by atoms with Crippen molar-refractivity contribution in [3.8, 4) is 0 Å². The first kappa shape index (κ1) is 28.4. The lowest BCUT2D eigenvalue weighted by atomic mass is 9.62. The lowest BCUT2D eigenvalue weighted by molar-refractivity contribution is -0.158. The number of likely N-dealkylation sites (N-methyl/N-ethyl adjacent to an activating group) is 1. The van der Waals surface area contributed by atoms with Crippen molar-refractivity contribution in [1.29, 1.82) is 0 Å². The second-order valence-electron chi connectivity index (χ2n) is 11.8. The molecule has 3 unspecified atom stereocenters. The van der Waals surface area contributed by atoms with Crippen molar-refractivity contribution < 1.29 is 24.2 Å². The Morgan fingerprint density at radius 1 is 1.19 bits per heavy atom. The Hall–Kier alpha value is -2.19. The molecule has 0 aromatic carbocycles. The molecule has 0 aliphatic carbocycles. The molecule has 3 rings (SSSR count). The molecule has 0 radical (unpaired) electrons. The molecule has 7 atom stereocenters. The highest BCUT2D eigenvalue weighted by molar-refractivity contribution is 5.99. The van der Waals surface area contributed by atoms with E-state index in [1.54, 1.807) is 33.9 Å². The number of carbonyl (C=O) groups is 3. The molecule has 1 spiro atoms. The van der Waals surface area contributed by atoms with Crippen molar-refractivity contribution >= 4 is 17.7 Å². The molecule has 3 heterocycles. The third-order valence-corrected chi connectivity index (χ3v) is 8.61. The number of hydrogen-bond acceptors (Lipinski definition) is 5. The molecule has 8 heteroatoms. The maximum Gasteiger partial charge on any atom is 0.248 e. The van der Waals surface area contributed by atoms with Gasteiger partial charge in [-0.1, -0.05) is 32.9 Å². The van der Waals surface area contributed by atoms with Gasteiger partial charge in [0.2, 0.25) is 17.7 Å². The Morgan fingerprint density at radius 2 is 1.81 bits per heavy atom. The van der Waals surface area contributed by atoms with Crippen molar-refractivity contribution in [2.45, 2.75) is 83.7 Å². The van der Waals surface area contributed by atoms with Crippen molar-refractivity contribution in [2.24, 2.45) is 23.7 Å². The molecule has 3 aliphatic rings. The number of aliphatic hydroxyl groups excluding tert-OH is 1. The summed E-state index contributed by atoms with van der Waals surface area (Å²) in [5.74, 6) is -2.00. The highest BCUT2D eigenvalue weighted by atomic mass is 16.5. The first-order valence-electron chi connectivity index (χ1n) is 13.2. The van der Waals surface area contributed by atoms with E-state index in [9.17, 15) is 19.5 Å². The predicted octanol–water partition coefficient (Wildman–Crippen LogP) is 2.47. The maximum atomic E-state index is 14.3. The quantitative estimate of drug-likeness (QED) is 0.438. The Bertz CT molecular complexity index is 904. The average molecular weight is 504 g/mol. The fourth-order valence-electron chi connectivity index (χ4n) is 6.92. The van der Waals surface area contributed by atoms with Crippen LogP contribution < -0.4 is 0 Å². The molecule has 2 bridgehead atoms. The summed E-state index contributed by atoms with van der Waals surface area (Å²) in [6.07, 6.45) is 4.38. The molecule has 3 saturated heterocycles. The minimum atomic E-state index is -1.13. The summed E-state index contributed by atoms with van der Waals surface area (Å²) in [6, 6.07) is -1.58. The molecule has 3 aliphatic heterocycles. The Morgan fingerprint density at radius 3 is 2.31 bits per heavy atom. The van der Waals surface area contributed by atoms with Gasteiger partial charge in [-0.2, -0.15) is 0 Å². The number of rotatable bonds is 11. The molecule has 8 nitrogen and oxygen atoms in total. The van der Waals surface area contributed by atoms with Crippen LogP contribution in [0.2, 0.25) is 0 Å². The van der Waals surface area contributed by atoms with Crippen LogP contribution in [0.5, 0.6) is 0 Å². The van der Waals surface area contributed by atoms with Gasteiger partial charge in [0.05, 0.1) is 30.1 Å². The van der Waals surface area contributed by atoms with Crippen LogP contribution in [0.4, 0.5) is 0 Å². The first-order valence-corrected chi connectivity index (χ1v) is 13.2. The van der Waals surface area contributed by atoms with Crippen molar-refractivity contribution in [3.05, 3.63) is 25.3 Å². The van der Waals surface area contributed by atoms with Crippen LogP contribution in [0.25, 0.3) is 0 Å². The smallest absolute Gasteiger partial charge is 0.248 e. The summed E-state index contributed by atoms with van der Waals surface area (Å²) in [4.78, 5) is 47.3. The molecule has 202 valence electrons. The number of aliphatic hydroxyl groups is 1. The zero-order valence-corrected chi connectivity index (χ0v) is 23.1. The minimum Gasteiger partial charge on any atom is -0.394 e. The van der Waals surface area contributed by atoms with E-state index in [0.29, 0.717) is 25.9 Å². The molecular formula is C28H45N3O5. The van der Waals surface area contributed by atoms with Gasteiger partial charge in [-0.3, -0.25) is 14.4 Å². The topological polar surface area (TPSA) is 90.4 Å². The third kappa shape index (κ3) is 4.20. The molecule has 1 N–H and O–H groups in total. The minimum absolute atomic E-state index is 0.0348. The normalized spacial score (nSPS) is 33.7. The number of carbonyl (C=O) groups excluding carboxylic acids is 3. The van der Waals surface area contributed by atoms with E-state index in [1.165, 1.54) is 0 Å². The molecule has 3 amide bonds. The summed E-state index contributed by atoms with van der Waals surface area (Å²) in [5.41, 5.74) is -2.00. The van der Waals surface area contributed by atoms with Crippen molar-refractivity contribution in [3.63, 3.8) is 0 Å². The van der Waals surface area contributed by atoms with Gasteiger partial charge < -0.3 is 24.5 Å². The molecule has 0 aromatic heterocycles. The molecule has 3 fully saturated rings. The highest BCUT2D eigenvalue weighted by Gasteiger charge is 2.80. The number of amides is 3. The SMILES string of the molecule is C=CCN(C)C(=O)[C@@H]1[C@H]2C(=O)N([C@@H](CO)CC(C)C)C(C(=O)N(CC=C)C(C)C)C23CC(C)[C@@]1(C)O3. The lowest BCUT2D eigenvalue weighted by Gasteiger charge is -2.41. The highest BCUT2D eigenvalue weighted by Crippen LogP contribution is 2.65. The van der Waals surface area contributed by atoms with E-state index < -0.39 is 35.1 Å². The van der Waals surface area contributed by atoms with E-state index >= 15 is 0 Å². The summed E-state index contributed by atoms with van der Waals surface area (Å²) in [6.45, 7) is 19.9. The van der Waals surface area contributed by atoms with Crippen LogP contribution in [0.3, 0.4) is 0 Å². The largest absolute Gasteiger partial charge is 0.394 e. The van der Waals surface area contributed by atoms with Gasteiger partial charge in [0.25, 0.3) is 0 Å². The number of likely N-dealkylation sites (tertiary alicyclic amines) is 1. The van der Waals surface area contributed by atoms with Crippen LogP contribution in [0.15, 0.2) is 25.3 Å². The van der Waals surface area contributed by atoms with Crippen LogP contribution >= 0.6 is 0 Å². The van der Waals surface area contributed by atoms with Gasteiger partial charge in [-0.05, 0) is 45.4 Å². The predicted molar refractivity (Wildman–Crippen MR) is 139 cm³/mol. The monoisotopic (exact) mass is 503 g/mol. The summed E-state index contributed by atoms with van der Waals surface area (Å²) >= 11 is 0. The Kier molecular flexibility index (Phi) is 8.11. The summed E-state index contributed by atoms with van der Waals surface area (Å²) < 4.78 is 6.80. The van der Waals surface area contributed by atoms with Gasteiger partial charge in [0.1, 0.15) is 11.6 Å². The number of ether oxygens (including phenoxy) is 1. The molecule has 0 aromatic rings. The second kappa shape index (κ2) is 10.3. The number of hydrogen-bond donors (Lipinski definition) is 1. The zero-order chi connectivity index (χ0) is 27.2. The Labute approximate surface area is 216 Å². The average Bonchev–Trinajstić information content (AvgIpc) is 3.31. The number of fused-ring (bicyclic) bond motifs is 1. The zero-order valence-electron chi connectivity index (χ0n) is 23.1. The van der Waals surface area contributed by atoms with E-state index in [1.807, 2.05) is 41.5 Å². The fraction of sp³-hybridized carbons (Fsp3) is 0.750. The van der Waals surface area contributed by atoms with Gasteiger partial charge >= 0.3 is 0 Å². The lowest BCUT2D eigenvalue weighted by Crippen LogP contribution is -2.60. The van der Waals surface area contributed by atoms with E-state index in [4.69, 9.17) is 4.74 Å². The summed E-state index contributed by atoms with van der Waals surface area (Å²) in [5, 5.41) is 10.4. The van der Waals surface area contributed by atoms with Crippen LogP contribution in [0.1, 0.15) is 54.4 Å². The van der Waals surface area contributed by atoms with Crippen LogP contribution in [-0.2, 0) is 19.1 Å². The standard InChI is InChI=1S/C28H45N3O5/c1-10-12-29(9)24(33)21-22-25(34)31(20(16-32)14-17(3)4)23(26(35)30(13-11-2)18(5)6)28(22)15-19(7)27(21,8)36-28/h10-11,17-23,32H,1-2,12-16H2,3-9H3/t19?,20-,21+,22+,23?,27-,28?/m1/s1. The fourth-order valence-corrected chi connectivity index (χ4v) is 6.92. The van der Waals surface area contributed by atoms with Crippen molar-refractivity contribution in [2.75, 3.05) is 26.7 Å². The Balaban J connectivity index is 2.20. The van der Waals surface area contributed by atoms with E-state index in [-0.39, 0.29) is 42.2 Å². The van der Waals surface area contributed by atoms with E-state index in [0.717, 1.165) is 0 Å². The second-order valence-corrected chi connectivity index (χ2v) is 11.8. The van der Waals surface area contributed by atoms with E-state index in [2.05, 4.69) is 13.2 Å². The first-order chi connectivity index (χ1) is 16.8. The van der Waals surface area contributed by atoms with Gasteiger partial charge in [0, 0.05) is 26.2 Å². The third-order valence-electron chi connectivity index (χ3n) is 8.61. The van der Waals surface area contributed by atoms with Crippen LogP contribution in [0, 0.1) is 23.7 Å². The van der Waals surface area contributed by atoms with Gasteiger partial charge in [0.15, 0.2) is 0 Å².